The van der Waals surface area contributed by atoms with Crippen molar-refractivity contribution in [3.63, 3.8) is 0 Å². The van der Waals surface area contributed by atoms with Crippen LogP contribution >= 0.6 is 0 Å². The van der Waals surface area contributed by atoms with E-state index in [0.717, 1.165) is 32.1 Å². The van der Waals surface area contributed by atoms with Gasteiger partial charge in [-0.05, 0) is 6.07 Å². The Kier molecular flexibility index (Phi) is 3.00. The molecule has 2 aliphatic rings. The monoisotopic (exact) mass is 261 g/mol. The molecule has 102 valence electrons. The van der Waals surface area contributed by atoms with E-state index in [0.29, 0.717) is 11.8 Å². The molecule has 2 fully saturated rings. The van der Waals surface area contributed by atoms with Crippen LogP contribution in [0.15, 0.2) is 18.5 Å². The van der Waals surface area contributed by atoms with Crippen LogP contribution in [0.2, 0.25) is 0 Å². The summed E-state index contributed by atoms with van der Waals surface area (Å²) < 4.78 is 0. The lowest BCUT2D eigenvalue weighted by molar-refractivity contribution is 0.179. The molecule has 1 aromatic heterocycles. The maximum absolute atomic E-state index is 11.9. The number of carbonyl (C=O) groups excluding carboxylic acids is 1. The van der Waals surface area contributed by atoms with Gasteiger partial charge in [0.2, 0.25) is 5.95 Å². The van der Waals surface area contributed by atoms with Crippen LogP contribution in [-0.2, 0) is 0 Å². The molecule has 0 spiro atoms. The molecule has 3 rings (SSSR count). The topological polar surface area (TPSA) is 52.6 Å². The second-order valence-corrected chi connectivity index (χ2v) is 5.56. The summed E-state index contributed by atoms with van der Waals surface area (Å²) in [5.41, 5.74) is 0. The van der Waals surface area contributed by atoms with E-state index < -0.39 is 0 Å². The number of carbonyl (C=O) groups is 1. The Morgan fingerprint density at radius 3 is 2.26 bits per heavy atom. The number of fused-ring (bicyclic) bond motifs is 1. The standard InChI is InChI=1S/C13H19N5O/c1-16(2)13(19)18-8-10-6-17(7-11(10)9-18)12-14-4-3-5-15-12/h3-5,10-11H,6-9H2,1-2H3/t10-,11+. The van der Waals surface area contributed by atoms with Crippen LogP contribution in [0.1, 0.15) is 0 Å². The van der Waals surface area contributed by atoms with Gasteiger partial charge in [-0.2, -0.15) is 0 Å². The zero-order valence-electron chi connectivity index (χ0n) is 11.4. The van der Waals surface area contributed by atoms with E-state index in [1.807, 2.05) is 11.0 Å². The first-order chi connectivity index (χ1) is 9.15. The number of anilines is 1. The van der Waals surface area contributed by atoms with E-state index in [1.54, 1.807) is 31.4 Å². The number of rotatable bonds is 1. The van der Waals surface area contributed by atoms with Crippen LogP contribution in [0.4, 0.5) is 10.7 Å². The van der Waals surface area contributed by atoms with E-state index in [4.69, 9.17) is 0 Å². The molecule has 2 saturated heterocycles. The summed E-state index contributed by atoms with van der Waals surface area (Å²) in [7, 11) is 3.61. The molecule has 6 heteroatoms. The van der Waals surface area contributed by atoms with Crippen LogP contribution in [0.3, 0.4) is 0 Å². The molecule has 0 N–H and O–H groups in total. The fraction of sp³-hybridized carbons (Fsp3) is 0.615. The Balaban J connectivity index is 1.64. The minimum atomic E-state index is 0.122. The van der Waals surface area contributed by atoms with Gasteiger partial charge in [-0.1, -0.05) is 0 Å². The summed E-state index contributed by atoms with van der Waals surface area (Å²) in [6, 6.07) is 1.95. The maximum Gasteiger partial charge on any atom is 0.319 e. The SMILES string of the molecule is CN(C)C(=O)N1C[C@@H]2CN(c3ncccn3)C[C@@H]2C1. The number of hydrogen-bond donors (Lipinski definition) is 0. The fourth-order valence-electron chi connectivity index (χ4n) is 3.05. The van der Waals surface area contributed by atoms with Crippen molar-refractivity contribution in [1.29, 1.82) is 0 Å². The average molecular weight is 261 g/mol. The second kappa shape index (κ2) is 4.68. The molecule has 3 heterocycles. The molecular formula is C13H19N5O. The van der Waals surface area contributed by atoms with E-state index in [1.165, 1.54) is 0 Å². The molecule has 0 radical (unpaired) electrons. The first-order valence-electron chi connectivity index (χ1n) is 6.63. The number of likely N-dealkylation sites (tertiary alicyclic amines) is 1. The Morgan fingerprint density at radius 2 is 1.74 bits per heavy atom. The molecule has 0 aromatic carbocycles. The third-order valence-corrected chi connectivity index (χ3v) is 3.97. The second-order valence-electron chi connectivity index (χ2n) is 5.56. The van der Waals surface area contributed by atoms with Crippen molar-refractivity contribution in [1.82, 2.24) is 19.8 Å². The van der Waals surface area contributed by atoms with Crippen LogP contribution in [0.25, 0.3) is 0 Å². The van der Waals surface area contributed by atoms with Gasteiger partial charge in [0, 0.05) is 64.5 Å². The lowest BCUT2D eigenvalue weighted by Crippen LogP contribution is -2.39. The lowest BCUT2D eigenvalue weighted by Gasteiger charge is -2.24. The predicted octanol–water partition coefficient (Wildman–Crippen LogP) is 0.526. The van der Waals surface area contributed by atoms with Crippen LogP contribution in [0.5, 0.6) is 0 Å². The number of aromatic nitrogens is 2. The molecule has 0 bridgehead atoms. The molecule has 2 atom stereocenters. The molecule has 6 nitrogen and oxygen atoms in total. The predicted molar refractivity (Wildman–Crippen MR) is 71.9 cm³/mol. The van der Waals surface area contributed by atoms with Crippen molar-refractivity contribution in [2.45, 2.75) is 0 Å². The van der Waals surface area contributed by atoms with Gasteiger partial charge >= 0.3 is 6.03 Å². The largest absolute Gasteiger partial charge is 0.340 e. The highest BCUT2D eigenvalue weighted by molar-refractivity contribution is 5.74. The van der Waals surface area contributed by atoms with Gasteiger partial charge in [0.1, 0.15) is 0 Å². The zero-order chi connectivity index (χ0) is 13.4. The third kappa shape index (κ3) is 2.22. The van der Waals surface area contributed by atoms with Crippen molar-refractivity contribution >= 4 is 12.0 Å². The van der Waals surface area contributed by atoms with Crippen LogP contribution < -0.4 is 4.90 Å². The Morgan fingerprint density at radius 1 is 1.16 bits per heavy atom. The maximum atomic E-state index is 11.9. The number of nitrogens with zero attached hydrogens (tertiary/aromatic N) is 5. The van der Waals surface area contributed by atoms with Crippen molar-refractivity contribution < 1.29 is 4.79 Å². The molecule has 0 saturated carbocycles. The summed E-state index contributed by atoms with van der Waals surface area (Å²) >= 11 is 0. The van der Waals surface area contributed by atoms with Crippen LogP contribution in [-0.4, -0.2) is 66.1 Å². The first kappa shape index (κ1) is 12.2. The van der Waals surface area contributed by atoms with Crippen LogP contribution in [0, 0.1) is 11.8 Å². The summed E-state index contributed by atoms with van der Waals surface area (Å²) in [6.45, 7) is 3.60. The minimum absolute atomic E-state index is 0.122. The van der Waals surface area contributed by atoms with E-state index in [-0.39, 0.29) is 6.03 Å². The average Bonchev–Trinajstić information content (AvgIpc) is 2.96. The van der Waals surface area contributed by atoms with Gasteiger partial charge in [-0.3, -0.25) is 0 Å². The molecule has 19 heavy (non-hydrogen) atoms. The van der Waals surface area contributed by atoms with E-state index in [9.17, 15) is 4.79 Å². The summed E-state index contributed by atoms with van der Waals surface area (Å²) in [5.74, 6) is 1.91. The van der Waals surface area contributed by atoms with Crippen molar-refractivity contribution in [2.75, 3.05) is 45.2 Å². The highest BCUT2D eigenvalue weighted by atomic mass is 16.2. The fourth-order valence-corrected chi connectivity index (χ4v) is 3.05. The van der Waals surface area contributed by atoms with Crippen molar-refractivity contribution in [3.05, 3.63) is 18.5 Å². The quantitative estimate of drug-likeness (QED) is 0.740. The summed E-state index contributed by atoms with van der Waals surface area (Å²) in [6.07, 6.45) is 3.55. The lowest BCUT2D eigenvalue weighted by atomic mass is 10.0. The van der Waals surface area contributed by atoms with Gasteiger partial charge in [0.15, 0.2) is 0 Å². The summed E-state index contributed by atoms with van der Waals surface area (Å²) in [5, 5.41) is 0. The summed E-state index contributed by atoms with van der Waals surface area (Å²) in [4.78, 5) is 26.4. The van der Waals surface area contributed by atoms with E-state index in [2.05, 4.69) is 14.9 Å². The van der Waals surface area contributed by atoms with Gasteiger partial charge in [-0.25, -0.2) is 14.8 Å². The Bertz CT molecular complexity index is 449. The van der Waals surface area contributed by atoms with Crippen molar-refractivity contribution in [2.24, 2.45) is 11.8 Å². The molecule has 2 amide bonds. The molecule has 2 aliphatic heterocycles. The first-order valence-corrected chi connectivity index (χ1v) is 6.63. The van der Waals surface area contributed by atoms with Gasteiger partial charge in [0.25, 0.3) is 0 Å². The number of urea groups is 1. The van der Waals surface area contributed by atoms with E-state index >= 15 is 0 Å². The Labute approximate surface area is 113 Å². The normalized spacial score (nSPS) is 25.6. The smallest absolute Gasteiger partial charge is 0.319 e. The molecule has 0 aliphatic carbocycles. The van der Waals surface area contributed by atoms with Crippen molar-refractivity contribution in [3.8, 4) is 0 Å². The van der Waals surface area contributed by atoms with Gasteiger partial charge in [0.05, 0.1) is 0 Å². The van der Waals surface area contributed by atoms with Gasteiger partial charge < -0.3 is 14.7 Å². The minimum Gasteiger partial charge on any atom is -0.340 e. The highest BCUT2D eigenvalue weighted by Crippen LogP contribution is 2.32. The third-order valence-electron chi connectivity index (χ3n) is 3.97. The number of hydrogen-bond acceptors (Lipinski definition) is 4. The molecule has 1 aromatic rings. The molecular weight excluding hydrogens is 242 g/mol. The van der Waals surface area contributed by atoms with Gasteiger partial charge in [-0.15, -0.1) is 0 Å². The number of amides is 2. The zero-order valence-corrected chi connectivity index (χ0v) is 11.4. The molecule has 0 unspecified atom stereocenters. The Hall–Kier alpha value is -1.85. The highest BCUT2D eigenvalue weighted by Gasteiger charge is 2.42.